The first-order valence-corrected chi connectivity index (χ1v) is 6.16. The smallest absolute Gasteiger partial charge is 0.113 e. The number of nitrogens with one attached hydrogen (secondary N) is 1. The van der Waals surface area contributed by atoms with Crippen molar-refractivity contribution in [3.05, 3.63) is 29.8 Å². The fourth-order valence-corrected chi connectivity index (χ4v) is 1.67. The fraction of sp³-hybridized carbons (Fsp3) is 0.455. The molecule has 0 spiro atoms. The first-order valence-electron chi connectivity index (χ1n) is 4.60. The van der Waals surface area contributed by atoms with E-state index >= 15 is 0 Å². The van der Waals surface area contributed by atoms with Crippen molar-refractivity contribution in [3.8, 4) is 0 Å². The molecule has 0 aliphatic carbocycles. The topological polar surface area (TPSA) is 29.1 Å². The minimum Gasteiger partial charge on any atom is -0.305 e. The molecule has 1 aromatic carbocycles. The molecular formula is C11H17NOS. The second kappa shape index (κ2) is 4.13. The molecular weight excluding hydrogens is 194 g/mol. The molecule has 0 fully saturated rings. The van der Waals surface area contributed by atoms with E-state index in [1.165, 1.54) is 5.56 Å². The van der Waals surface area contributed by atoms with Crippen molar-refractivity contribution in [2.75, 3.05) is 11.0 Å². The van der Waals surface area contributed by atoms with Crippen molar-refractivity contribution in [1.29, 1.82) is 0 Å². The summed E-state index contributed by atoms with van der Waals surface area (Å²) in [5.74, 6) is 0. The molecule has 78 valence electrons. The Morgan fingerprint density at radius 2 is 1.93 bits per heavy atom. The van der Waals surface area contributed by atoms with Crippen LogP contribution < -0.4 is 4.72 Å². The van der Waals surface area contributed by atoms with Gasteiger partial charge in [0.2, 0.25) is 0 Å². The van der Waals surface area contributed by atoms with Gasteiger partial charge in [0.25, 0.3) is 0 Å². The Bertz CT molecular complexity index is 341. The molecule has 0 aliphatic rings. The van der Waals surface area contributed by atoms with E-state index in [1.807, 2.05) is 18.2 Å². The third-order valence-electron chi connectivity index (χ3n) is 1.99. The van der Waals surface area contributed by atoms with Gasteiger partial charge in [0.1, 0.15) is 11.0 Å². The maximum atomic E-state index is 11.0. The summed E-state index contributed by atoms with van der Waals surface area (Å²) in [7, 11) is -1.00. The second-order valence-electron chi connectivity index (χ2n) is 4.39. The summed E-state index contributed by atoms with van der Waals surface area (Å²) in [5.41, 5.74) is 2.29. The van der Waals surface area contributed by atoms with Gasteiger partial charge in [0.15, 0.2) is 0 Å². The van der Waals surface area contributed by atoms with Crippen LogP contribution in [0.1, 0.15) is 26.3 Å². The van der Waals surface area contributed by atoms with Crippen LogP contribution in [0.4, 0.5) is 5.69 Å². The lowest BCUT2D eigenvalue weighted by atomic mass is 9.87. The number of hydrogen-bond acceptors (Lipinski definition) is 1. The van der Waals surface area contributed by atoms with Crippen LogP contribution >= 0.6 is 0 Å². The molecule has 0 heterocycles. The molecule has 1 aromatic rings. The third kappa shape index (κ3) is 3.14. The Morgan fingerprint density at radius 1 is 1.29 bits per heavy atom. The molecule has 0 radical (unpaired) electrons. The van der Waals surface area contributed by atoms with E-state index in [9.17, 15) is 4.21 Å². The van der Waals surface area contributed by atoms with E-state index in [0.717, 1.165) is 5.69 Å². The quantitative estimate of drug-likeness (QED) is 0.800. The molecule has 1 unspecified atom stereocenters. The Morgan fingerprint density at radius 3 is 2.43 bits per heavy atom. The van der Waals surface area contributed by atoms with Gasteiger partial charge in [-0.2, -0.15) is 0 Å². The lowest BCUT2D eigenvalue weighted by Gasteiger charge is -2.19. The van der Waals surface area contributed by atoms with E-state index in [2.05, 4.69) is 31.6 Å². The van der Waals surface area contributed by atoms with Crippen LogP contribution in [0.15, 0.2) is 24.3 Å². The third-order valence-corrected chi connectivity index (χ3v) is 2.51. The molecule has 14 heavy (non-hydrogen) atoms. The van der Waals surface area contributed by atoms with Crippen molar-refractivity contribution in [2.24, 2.45) is 0 Å². The first kappa shape index (κ1) is 11.2. The molecule has 1 rings (SSSR count). The molecule has 0 aromatic heterocycles. The van der Waals surface area contributed by atoms with E-state index in [-0.39, 0.29) is 5.41 Å². The second-order valence-corrected chi connectivity index (χ2v) is 5.50. The number of hydrogen-bond donors (Lipinski definition) is 1. The maximum Gasteiger partial charge on any atom is 0.113 e. The summed E-state index contributed by atoms with van der Waals surface area (Å²) < 4.78 is 13.9. The van der Waals surface area contributed by atoms with Gasteiger partial charge in [0, 0.05) is 11.9 Å². The summed E-state index contributed by atoms with van der Waals surface area (Å²) in [5, 5.41) is 0. The highest BCUT2D eigenvalue weighted by Gasteiger charge is 2.13. The zero-order chi connectivity index (χ0) is 10.8. The molecule has 0 bridgehead atoms. The SMILES string of the molecule is CS(=O)Nc1cccc(C(C)(C)C)c1. The summed E-state index contributed by atoms with van der Waals surface area (Å²) in [4.78, 5) is 0. The standard InChI is InChI=1S/C11H17NOS/c1-11(2,3)9-6-5-7-10(8-9)12-14(4)13/h5-8,12H,1-4H3. The van der Waals surface area contributed by atoms with Crippen LogP contribution in [0.5, 0.6) is 0 Å². The van der Waals surface area contributed by atoms with E-state index in [0.29, 0.717) is 0 Å². The molecule has 0 amide bonds. The van der Waals surface area contributed by atoms with Crippen LogP contribution in [0.2, 0.25) is 0 Å². The van der Waals surface area contributed by atoms with E-state index < -0.39 is 11.0 Å². The highest BCUT2D eigenvalue weighted by atomic mass is 32.2. The molecule has 3 heteroatoms. The summed E-state index contributed by atoms with van der Waals surface area (Å²) in [6.07, 6.45) is 1.63. The van der Waals surface area contributed by atoms with Crippen LogP contribution in [0.3, 0.4) is 0 Å². The minimum absolute atomic E-state index is 0.132. The largest absolute Gasteiger partial charge is 0.305 e. The van der Waals surface area contributed by atoms with E-state index in [4.69, 9.17) is 0 Å². The molecule has 1 N–H and O–H groups in total. The van der Waals surface area contributed by atoms with Crippen LogP contribution in [0, 0.1) is 0 Å². The highest BCUT2D eigenvalue weighted by Crippen LogP contribution is 2.24. The van der Waals surface area contributed by atoms with Crippen molar-refractivity contribution in [3.63, 3.8) is 0 Å². The van der Waals surface area contributed by atoms with Crippen LogP contribution in [-0.2, 0) is 16.4 Å². The van der Waals surface area contributed by atoms with Gasteiger partial charge in [-0.1, -0.05) is 32.9 Å². The Kier molecular flexibility index (Phi) is 3.32. The van der Waals surface area contributed by atoms with Crippen molar-refractivity contribution >= 4 is 16.7 Å². The van der Waals surface area contributed by atoms with Gasteiger partial charge in [-0.3, -0.25) is 0 Å². The highest BCUT2D eigenvalue weighted by molar-refractivity contribution is 7.85. The van der Waals surface area contributed by atoms with Gasteiger partial charge in [-0.05, 0) is 23.1 Å². The Balaban J connectivity index is 2.95. The first-order chi connectivity index (χ1) is 6.39. The number of benzene rings is 1. The van der Waals surface area contributed by atoms with Gasteiger partial charge in [0.05, 0.1) is 0 Å². The Labute approximate surface area is 88.3 Å². The zero-order valence-corrected chi connectivity index (χ0v) is 9.94. The monoisotopic (exact) mass is 211 g/mol. The normalized spacial score (nSPS) is 13.7. The number of anilines is 1. The molecule has 2 nitrogen and oxygen atoms in total. The van der Waals surface area contributed by atoms with Crippen LogP contribution in [-0.4, -0.2) is 10.5 Å². The lowest BCUT2D eigenvalue weighted by Crippen LogP contribution is -2.11. The van der Waals surface area contributed by atoms with Gasteiger partial charge >= 0.3 is 0 Å². The summed E-state index contributed by atoms with van der Waals surface area (Å²) >= 11 is 0. The Hall–Kier alpha value is -0.830. The average Bonchev–Trinajstić information content (AvgIpc) is 2.01. The molecule has 1 atom stereocenters. The molecule has 0 saturated heterocycles. The number of rotatable bonds is 2. The fourth-order valence-electron chi connectivity index (χ4n) is 1.22. The summed E-state index contributed by atoms with van der Waals surface area (Å²) in [6, 6.07) is 8.04. The molecule has 0 saturated carbocycles. The average molecular weight is 211 g/mol. The van der Waals surface area contributed by atoms with Crippen molar-refractivity contribution in [2.45, 2.75) is 26.2 Å². The predicted molar refractivity (Wildman–Crippen MR) is 62.8 cm³/mol. The van der Waals surface area contributed by atoms with Crippen LogP contribution in [0.25, 0.3) is 0 Å². The predicted octanol–water partition coefficient (Wildman–Crippen LogP) is 2.69. The molecule has 0 aliphatic heterocycles. The maximum absolute atomic E-state index is 11.0. The van der Waals surface area contributed by atoms with Gasteiger partial charge in [-0.25, -0.2) is 4.21 Å². The van der Waals surface area contributed by atoms with Crippen molar-refractivity contribution < 1.29 is 4.21 Å². The summed E-state index contributed by atoms with van der Waals surface area (Å²) in [6.45, 7) is 6.49. The van der Waals surface area contributed by atoms with Gasteiger partial charge < -0.3 is 4.72 Å². The minimum atomic E-state index is -1.00. The van der Waals surface area contributed by atoms with Gasteiger partial charge in [-0.15, -0.1) is 0 Å². The lowest BCUT2D eigenvalue weighted by molar-refractivity contribution is 0.590. The van der Waals surface area contributed by atoms with Crippen molar-refractivity contribution in [1.82, 2.24) is 0 Å². The van der Waals surface area contributed by atoms with E-state index in [1.54, 1.807) is 6.26 Å². The zero-order valence-electron chi connectivity index (χ0n) is 9.13.